The molecule has 0 aliphatic rings. The van der Waals surface area contributed by atoms with Crippen molar-refractivity contribution in [1.82, 2.24) is 24.3 Å². The molecule has 3 aromatic carbocycles. The number of carbonyl (C=O) groups is 1. The number of urea groups is 1. The van der Waals surface area contributed by atoms with Gasteiger partial charge < -0.3 is 20.9 Å². The van der Waals surface area contributed by atoms with Crippen LogP contribution in [0.2, 0.25) is 0 Å². The summed E-state index contributed by atoms with van der Waals surface area (Å²) in [6.45, 7) is 0.837. The number of benzene rings is 3. The third-order valence-electron chi connectivity index (χ3n) is 6.54. The molecule has 9 heteroatoms. The average Bonchev–Trinajstić information content (AvgIpc) is 3.38. The van der Waals surface area contributed by atoms with Gasteiger partial charge in [0.15, 0.2) is 0 Å². The maximum absolute atomic E-state index is 12.7. The second-order valence-corrected chi connectivity index (χ2v) is 10.1. The number of carbonyl (C=O) groups excluding carboxylic acids is 1. The maximum atomic E-state index is 12.7. The standard InChI is InChI=1S/C33H30N8O/c1-40(2)22-23-10-8-14-26(20-23)35-32-34-18-17-28(38-32)31-30(39-29-16-6-7-19-41(29)31)24-11-9-15-27(21-24)37-33(42)36-25-12-4-3-5-13-25/h3-21H,22H2,1-2H3,(H,34,35,38)(H2,36,37,42). The fourth-order valence-electron chi connectivity index (χ4n) is 4.79. The fourth-order valence-corrected chi connectivity index (χ4v) is 4.79. The normalized spacial score (nSPS) is 11.0. The number of pyridine rings is 1. The Balaban J connectivity index is 1.32. The van der Waals surface area contributed by atoms with Crippen molar-refractivity contribution in [2.45, 2.75) is 6.54 Å². The van der Waals surface area contributed by atoms with E-state index in [1.807, 2.05) is 116 Å². The summed E-state index contributed by atoms with van der Waals surface area (Å²) in [6, 6.07) is 32.6. The number of hydrogen-bond acceptors (Lipinski definition) is 6. The van der Waals surface area contributed by atoms with Gasteiger partial charge in [-0.1, -0.05) is 48.5 Å². The van der Waals surface area contributed by atoms with Gasteiger partial charge in [-0.25, -0.2) is 19.7 Å². The Bertz CT molecular complexity index is 1850. The number of para-hydroxylation sites is 1. The molecule has 3 heterocycles. The molecule has 208 valence electrons. The van der Waals surface area contributed by atoms with Gasteiger partial charge in [0.1, 0.15) is 5.65 Å². The smallest absolute Gasteiger partial charge is 0.323 e. The third kappa shape index (κ3) is 6.11. The number of nitrogens with zero attached hydrogens (tertiary/aromatic N) is 5. The highest BCUT2D eigenvalue weighted by Gasteiger charge is 2.18. The topological polar surface area (TPSA) is 99.5 Å². The molecule has 0 aliphatic heterocycles. The number of amides is 2. The summed E-state index contributed by atoms with van der Waals surface area (Å²) in [6.07, 6.45) is 3.71. The first-order valence-electron chi connectivity index (χ1n) is 13.6. The first-order valence-corrected chi connectivity index (χ1v) is 13.6. The Morgan fingerprint density at radius 2 is 1.55 bits per heavy atom. The second-order valence-electron chi connectivity index (χ2n) is 10.1. The van der Waals surface area contributed by atoms with E-state index in [1.54, 1.807) is 6.20 Å². The van der Waals surface area contributed by atoms with E-state index in [1.165, 1.54) is 5.56 Å². The summed E-state index contributed by atoms with van der Waals surface area (Å²) in [5, 5.41) is 9.13. The quantitative estimate of drug-likeness (QED) is 0.189. The van der Waals surface area contributed by atoms with E-state index < -0.39 is 0 Å². The summed E-state index contributed by atoms with van der Waals surface area (Å²) >= 11 is 0. The van der Waals surface area contributed by atoms with Crippen LogP contribution in [0.1, 0.15) is 5.56 Å². The van der Waals surface area contributed by atoms with Crippen LogP contribution < -0.4 is 16.0 Å². The van der Waals surface area contributed by atoms with E-state index in [-0.39, 0.29) is 6.03 Å². The third-order valence-corrected chi connectivity index (χ3v) is 6.54. The van der Waals surface area contributed by atoms with Gasteiger partial charge in [-0.05, 0) is 74.3 Å². The maximum Gasteiger partial charge on any atom is 0.323 e. The van der Waals surface area contributed by atoms with Crippen LogP contribution in [0.15, 0.2) is 116 Å². The van der Waals surface area contributed by atoms with Crippen LogP contribution in [0.4, 0.5) is 27.8 Å². The molecule has 42 heavy (non-hydrogen) atoms. The minimum absolute atomic E-state index is 0.324. The lowest BCUT2D eigenvalue weighted by molar-refractivity contribution is 0.262. The van der Waals surface area contributed by atoms with E-state index in [2.05, 4.69) is 38.0 Å². The second kappa shape index (κ2) is 11.9. The SMILES string of the molecule is CN(C)Cc1cccc(Nc2nccc(-c3c(-c4cccc(NC(=O)Nc5ccccc5)c4)nc4ccccn34)n2)c1. The summed E-state index contributed by atoms with van der Waals surface area (Å²) in [4.78, 5) is 29.1. The Kier molecular flexibility index (Phi) is 7.56. The Labute approximate surface area is 243 Å². The largest absolute Gasteiger partial charge is 0.324 e. The Morgan fingerprint density at radius 1 is 0.786 bits per heavy atom. The highest BCUT2D eigenvalue weighted by atomic mass is 16.2. The molecule has 6 rings (SSSR count). The van der Waals surface area contributed by atoms with Crippen molar-refractivity contribution in [3.63, 3.8) is 0 Å². The molecule has 0 saturated heterocycles. The molecule has 0 unspecified atom stereocenters. The lowest BCUT2D eigenvalue weighted by Crippen LogP contribution is -2.19. The van der Waals surface area contributed by atoms with Gasteiger partial charge in [-0.3, -0.25) is 4.40 Å². The van der Waals surface area contributed by atoms with Crippen molar-refractivity contribution in [1.29, 1.82) is 0 Å². The van der Waals surface area contributed by atoms with Crippen molar-refractivity contribution < 1.29 is 4.79 Å². The van der Waals surface area contributed by atoms with E-state index in [4.69, 9.17) is 9.97 Å². The van der Waals surface area contributed by atoms with Crippen molar-refractivity contribution >= 4 is 34.7 Å². The summed E-state index contributed by atoms with van der Waals surface area (Å²) < 4.78 is 2.02. The van der Waals surface area contributed by atoms with Crippen molar-refractivity contribution in [2.24, 2.45) is 0 Å². The zero-order chi connectivity index (χ0) is 28.9. The van der Waals surface area contributed by atoms with E-state index >= 15 is 0 Å². The van der Waals surface area contributed by atoms with Crippen molar-refractivity contribution in [2.75, 3.05) is 30.0 Å². The summed E-state index contributed by atoms with van der Waals surface area (Å²) in [5.41, 5.74) is 7.37. The number of fused-ring (bicyclic) bond motifs is 1. The van der Waals surface area contributed by atoms with Crippen molar-refractivity contribution in [3.05, 3.63) is 121 Å². The van der Waals surface area contributed by atoms with Gasteiger partial charge >= 0.3 is 6.03 Å². The Hall–Kier alpha value is -5.54. The molecule has 0 atom stereocenters. The first kappa shape index (κ1) is 26.7. The molecule has 9 nitrogen and oxygen atoms in total. The lowest BCUT2D eigenvalue weighted by atomic mass is 10.1. The molecular weight excluding hydrogens is 524 g/mol. The number of imidazole rings is 1. The number of rotatable bonds is 8. The van der Waals surface area contributed by atoms with Gasteiger partial charge in [0, 0.05) is 41.6 Å². The predicted octanol–water partition coefficient (Wildman–Crippen LogP) is 6.91. The van der Waals surface area contributed by atoms with Gasteiger partial charge in [0.2, 0.25) is 5.95 Å². The fraction of sp³-hybridized carbons (Fsp3) is 0.0909. The Morgan fingerprint density at radius 3 is 2.40 bits per heavy atom. The van der Waals surface area contributed by atoms with Crippen molar-refractivity contribution in [3.8, 4) is 22.6 Å². The van der Waals surface area contributed by atoms with Gasteiger partial charge in [-0.15, -0.1) is 0 Å². The zero-order valence-electron chi connectivity index (χ0n) is 23.3. The molecule has 2 amide bonds. The number of anilines is 4. The van der Waals surface area contributed by atoms with E-state index in [0.29, 0.717) is 23.0 Å². The molecule has 0 spiro atoms. The number of nitrogens with one attached hydrogen (secondary N) is 3. The number of aromatic nitrogens is 4. The number of hydrogen-bond donors (Lipinski definition) is 3. The molecular formula is C33H30N8O. The minimum Gasteiger partial charge on any atom is -0.324 e. The molecule has 3 N–H and O–H groups in total. The summed E-state index contributed by atoms with van der Waals surface area (Å²) in [7, 11) is 4.09. The van der Waals surface area contributed by atoms with Crippen LogP contribution in [-0.4, -0.2) is 44.4 Å². The van der Waals surface area contributed by atoms with E-state index in [9.17, 15) is 4.79 Å². The molecule has 3 aromatic heterocycles. The molecule has 0 fully saturated rings. The van der Waals surface area contributed by atoms with Gasteiger partial charge in [-0.2, -0.15) is 0 Å². The van der Waals surface area contributed by atoms with Crippen LogP contribution in [-0.2, 0) is 6.54 Å². The first-order chi connectivity index (χ1) is 20.5. The summed E-state index contributed by atoms with van der Waals surface area (Å²) in [5.74, 6) is 0.485. The van der Waals surface area contributed by atoms with E-state index in [0.717, 1.165) is 34.8 Å². The highest BCUT2D eigenvalue weighted by molar-refractivity contribution is 6.00. The molecule has 0 radical (unpaired) electrons. The van der Waals surface area contributed by atoms with Crippen LogP contribution in [0, 0.1) is 0 Å². The van der Waals surface area contributed by atoms with Crippen LogP contribution in [0.3, 0.4) is 0 Å². The van der Waals surface area contributed by atoms with Crippen LogP contribution in [0.25, 0.3) is 28.3 Å². The van der Waals surface area contributed by atoms with Gasteiger partial charge in [0.25, 0.3) is 0 Å². The zero-order valence-corrected chi connectivity index (χ0v) is 23.3. The van der Waals surface area contributed by atoms with Gasteiger partial charge in [0.05, 0.1) is 17.1 Å². The van der Waals surface area contributed by atoms with Crippen LogP contribution >= 0.6 is 0 Å². The monoisotopic (exact) mass is 554 g/mol. The molecule has 6 aromatic rings. The predicted molar refractivity (Wildman–Crippen MR) is 168 cm³/mol. The average molecular weight is 555 g/mol. The lowest BCUT2D eigenvalue weighted by Gasteiger charge is -2.12. The molecule has 0 saturated carbocycles. The molecule has 0 aliphatic carbocycles. The minimum atomic E-state index is -0.324. The van der Waals surface area contributed by atoms with Crippen LogP contribution in [0.5, 0.6) is 0 Å². The molecule has 0 bridgehead atoms. The highest BCUT2D eigenvalue weighted by Crippen LogP contribution is 2.33.